The molecule has 2 aromatic carbocycles. The molecule has 2 aromatic rings. The van der Waals surface area contributed by atoms with Crippen molar-refractivity contribution < 1.29 is 13.9 Å². The van der Waals surface area contributed by atoms with Gasteiger partial charge in [-0.2, -0.15) is 0 Å². The second-order valence-corrected chi connectivity index (χ2v) is 5.96. The minimum atomic E-state index is -0.501. The zero-order valence-electron chi connectivity index (χ0n) is 11.3. The largest absolute Gasteiger partial charge is 0.493 e. The lowest BCUT2D eigenvalue weighted by molar-refractivity contribution is 0.354. The lowest BCUT2D eigenvalue weighted by Gasteiger charge is -2.17. The van der Waals surface area contributed by atoms with Crippen LogP contribution in [-0.2, 0) is 0 Å². The van der Waals surface area contributed by atoms with Gasteiger partial charge in [0.15, 0.2) is 11.5 Å². The molecule has 0 fully saturated rings. The Kier molecular flexibility index (Phi) is 5.36. The molecule has 0 saturated heterocycles. The maximum atomic E-state index is 14.0. The third-order valence-corrected chi connectivity index (χ3v) is 4.64. The third-order valence-electron chi connectivity index (χ3n) is 3.03. The number of methoxy groups -OCH3 is 2. The van der Waals surface area contributed by atoms with Crippen molar-refractivity contribution >= 4 is 39.1 Å². The number of benzene rings is 2. The van der Waals surface area contributed by atoms with Crippen molar-refractivity contribution in [2.24, 2.45) is 0 Å². The van der Waals surface area contributed by atoms with E-state index in [1.807, 2.05) is 0 Å². The molecule has 112 valence electrons. The third kappa shape index (κ3) is 3.28. The molecule has 2 rings (SSSR count). The van der Waals surface area contributed by atoms with Crippen LogP contribution in [-0.4, -0.2) is 14.2 Å². The van der Waals surface area contributed by atoms with Gasteiger partial charge in [0, 0.05) is 21.7 Å². The average molecular weight is 394 g/mol. The summed E-state index contributed by atoms with van der Waals surface area (Å²) in [5, 5.41) is 0.747. The van der Waals surface area contributed by atoms with E-state index >= 15 is 0 Å². The Hall–Kier alpha value is -0.970. The molecule has 1 atom stereocenters. The Morgan fingerprint density at radius 1 is 1.05 bits per heavy atom. The van der Waals surface area contributed by atoms with Gasteiger partial charge in [0.2, 0.25) is 0 Å². The van der Waals surface area contributed by atoms with Crippen molar-refractivity contribution in [2.45, 2.75) is 4.83 Å². The fourth-order valence-corrected chi connectivity index (χ4v) is 3.62. The number of hydrogen-bond donors (Lipinski definition) is 0. The van der Waals surface area contributed by atoms with Crippen LogP contribution >= 0.6 is 39.1 Å². The average Bonchev–Trinajstić information content (AvgIpc) is 2.46. The molecule has 0 amide bonds. The maximum Gasteiger partial charge on any atom is 0.162 e. The van der Waals surface area contributed by atoms with Crippen molar-refractivity contribution in [2.75, 3.05) is 14.2 Å². The minimum absolute atomic E-state index is 0.322. The Bertz CT molecular complexity index is 644. The Morgan fingerprint density at radius 3 is 2.24 bits per heavy atom. The molecular weight excluding hydrogens is 382 g/mol. The molecule has 0 aliphatic heterocycles. The van der Waals surface area contributed by atoms with Crippen LogP contribution in [0.5, 0.6) is 11.5 Å². The van der Waals surface area contributed by atoms with Crippen molar-refractivity contribution in [3.63, 3.8) is 0 Å². The highest BCUT2D eigenvalue weighted by atomic mass is 79.9. The molecule has 21 heavy (non-hydrogen) atoms. The van der Waals surface area contributed by atoms with Crippen LogP contribution < -0.4 is 9.47 Å². The molecule has 0 aromatic heterocycles. The quantitative estimate of drug-likeness (QED) is 0.626. The van der Waals surface area contributed by atoms with E-state index in [9.17, 15) is 4.39 Å². The molecule has 0 aliphatic rings. The van der Waals surface area contributed by atoms with Gasteiger partial charge in [0.05, 0.1) is 19.0 Å². The summed E-state index contributed by atoms with van der Waals surface area (Å²) in [5.74, 6) is 0.606. The van der Waals surface area contributed by atoms with Gasteiger partial charge in [-0.15, -0.1) is 0 Å². The molecule has 0 N–H and O–H groups in total. The van der Waals surface area contributed by atoms with Crippen molar-refractivity contribution in [3.05, 3.63) is 57.3 Å². The highest BCUT2D eigenvalue weighted by Gasteiger charge is 2.22. The number of alkyl halides is 1. The first-order valence-corrected chi connectivity index (χ1v) is 7.66. The molecular formula is C15H12BrCl2FO2. The smallest absolute Gasteiger partial charge is 0.162 e. The molecule has 0 heterocycles. The molecule has 0 bridgehead atoms. The maximum absolute atomic E-state index is 14.0. The summed E-state index contributed by atoms with van der Waals surface area (Å²) in [5.41, 5.74) is 0.967. The van der Waals surface area contributed by atoms with Gasteiger partial charge in [0.1, 0.15) is 5.82 Å². The van der Waals surface area contributed by atoms with Crippen LogP contribution in [0.25, 0.3) is 0 Å². The van der Waals surface area contributed by atoms with Crippen LogP contribution in [0.1, 0.15) is 16.0 Å². The van der Waals surface area contributed by atoms with E-state index < -0.39 is 10.6 Å². The number of halogens is 4. The van der Waals surface area contributed by atoms with E-state index in [4.69, 9.17) is 32.7 Å². The van der Waals surface area contributed by atoms with Gasteiger partial charge in [-0.3, -0.25) is 0 Å². The second kappa shape index (κ2) is 6.86. The molecule has 0 spiro atoms. The summed E-state index contributed by atoms with van der Waals surface area (Å²) in [6.45, 7) is 0. The van der Waals surface area contributed by atoms with E-state index in [0.717, 1.165) is 0 Å². The Morgan fingerprint density at radius 2 is 1.67 bits per heavy atom. The summed E-state index contributed by atoms with van der Waals surface area (Å²) < 4.78 is 24.5. The van der Waals surface area contributed by atoms with Crippen LogP contribution in [0.3, 0.4) is 0 Å². The number of ether oxygens (including phenoxy) is 2. The fourth-order valence-electron chi connectivity index (χ4n) is 1.97. The zero-order chi connectivity index (χ0) is 15.6. The standard InChI is InChI=1S/C15H12BrCl2FO2/c1-20-12-6-8(10(18)7-13(12)21-2)15(16)14-9(17)4-3-5-11(14)19/h3-7,15H,1-2H3. The lowest BCUT2D eigenvalue weighted by Crippen LogP contribution is -2.00. The molecule has 0 radical (unpaired) electrons. The molecule has 2 nitrogen and oxygen atoms in total. The first-order chi connectivity index (χ1) is 9.99. The van der Waals surface area contributed by atoms with Gasteiger partial charge < -0.3 is 9.47 Å². The van der Waals surface area contributed by atoms with Gasteiger partial charge >= 0.3 is 0 Å². The summed E-state index contributed by atoms with van der Waals surface area (Å²) in [7, 11) is 3.04. The lowest BCUT2D eigenvalue weighted by atomic mass is 10.0. The Labute approximate surface area is 140 Å². The topological polar surface area (TPSA) is 18.5 Å². The van der Waals surface area contributed by atoms with Crippen LogP contribution in [0.2, 0.25) is 10.0 Å². The van der Waals surface area contributed by atoms with Gasteiger partial charge in [-0.05, 0) is 23.8 Å². The SMILES string of the molecule is COc1cc(Cl)c(C(Br)c2c(F)cccc2Cl)cc1OC. The van der Waals surface area contributed by atoms with Crippen LogP contribution in [0.4, 0.5) is 4.39 Å². The van der Waals surface area contributed by atoms with E-state index in [1.165, 1.54) is 20.3 Å². The van der Waals surface area contributed by atoms with Gasteiger partial charge in [-0.25, -0.2) is 4.39 Å². The minimum Gasteiger partial charge on any atom is -0.493 e. The number of rotatable bonds is 4. The first-order valence-electron chi connectivity index (χ1n) is 5.99. The predicted molar refractivity (Wildman–Crippen MR) is 86.7 cm³/mol. The Balaban J connectivity index is 2.56. The van der Waals surface area contributed by atoms with Gasteiger partial charge in [0.25, 0.3) is 0 Å². The van der Waals surface area contributed by atoms with E-state index in [0.29, 0.717) is 32.7 Å². The summed E-state index contributed by atoms with van der Waals surface area (Å²) >= 11 is 15.8. The summed E-state index contributed by atoms with van der Waals surface area (Å²) in [6, 6.07) is 7.85. The van der Waals surface area contributed by atoms with Crippen LogP contribution in [0.15, 0.2) is 30.3 Å². The predicted octanol–water partition coefficient (Wildman–Crippen LogP) is 5.63. The van der Waals surface area contributed by atoms with Gasteiger partial charge in [-0.1, -0.05) is 45.2 Å². The van der Waals surface area contributed by atoms with E-state index in [2.05, 4.69) is 15.9 Å². The fraction of sp³-hybridized carbons (Fsp3) is 0.200. The second-order valence-electron chi connectivity index (χ2n) is 4.23. The van der Waals surface area contributed by atoms with E-state index in [1.54, 1.807) is 24.3 Å². The first kappa shape index (κ1) is 16.4. The molecule has 1 unspecified atom stereocenters. The molecule has 0 aliphatic carbocycles. The van der Waals surface area contributed by atoms with Crippen molar-refractivity contribution in [1.29, 1.82) is 0 Å². The number of hydrogen-bond acceptors (Lipinski definition) is 2. The summed E-state index contributed by atoms with van der Waals surface area (Å²) in [6.07, 6.45) is 0. The highest BCUT2D eigenvalue weighted by Crippen LogP contribution is 2.43. The molecule has 6 heteroatoms. The van der Waals surface area contributed by atoms with Crippen LogP contribution in [0, 0.1) is 5.82 Å². The molecule has 0 saturated carbocycles. The monoisotopic (exact) mass is 392 g/mol. The van der Waals surface area contributed by atoms with E-state index in [-0.39, 0.29) is 0 Å². The normalized spacial score (nSPS) is 12.1. The summed E-state index contributed by atoms with van der Waals surface area (Å²) in [4.78, 5) is -0.501. The zero-order valence-corrected chi connectivity index (χ0v) is 14.4. The van der Waals surface area contributed by atoms with Crippen molar-refractivity contribution in [1.82, 2.24) is 0 Å². The highest BCUT2D eigenvalue weighted by molar-refractivity contribution is 9.09. The van der Waals surface area contributed by atoms with Crippen molar-refractivity contribution in [3.8, 4) is 11.5 Å².